The van der Waals surface area contributed by atoms with Crippen LogP contribution in [0.15, 0.2) is 133 Å². The third-order valence-corrected chi connectivity index (χ3v) is 12.1. The fraction of sp³-hybridized carbons (Fsp3) is 0.323. The van der Waals surface area contributed by atoms with Crippen LogP contribution < -0.4 is 0 Å². The van der Waals surface area contributed by atoms with Crippen LogP contribution in [-0.4, -0.2) is 19.6 Å². The normalized spacial score (nSPS) is 15.9. The maximum atomic E-state index is 12.6. The molecule has 5 heteroatoms. The van der Waals surface area contributed by atoms with E-state index >= 15 is 0 Å². The van der Waals surface area contributed by atoms with Gasteiger partial charge in [-0.15, -0.1) is 29.3 Å². The number of hydrogen-bond acceptors (Lipinski definition) is 3. The van der Waals surface area contributed by atoms with Gasteiger partial charge in [0.05, 0.1) is 27.8 Å². The molecular weight excluding hydrogens is 998 g/mol. The van der Waals surface area contributed by atoms with E-state index in [0.717, 1.165) is 51.0 Å². The van der Waals surface area contributed by atoms with E-state index in [1.807, 2.05) is 42.5 Å². The number of aromatic nitrogens is 3. The molecule has 0 fully saturated rings. The average molecular weight is 1080 g/mol. The zero-order chi connectivity index (χ0) is 58.5. The van der Waals surface area contributed by atoms with Crippen LogP contribution in [0.1, 0.15) is 142 Å². The first kappa shape index (κ1) is 34.7. The molecule has 348 valence electrons. The van der Waals surface area contributed by atoms with Crippen molar-refractivity contribution >= 4 is 11.0 Å². The van der Waals surface area contributed by atoms with Gasteiger partial charge in [-0.25, -0.2) is 4.98 Å². The molecule has 0 atom stereocenters. The second-order valence-corrected chi connectivity index (χ2v) is 21.1. The first-order valence-corrected chi connectivity index (χ1v) is 22.6. The van der Waals surface area contributed by atoms with Gasteiger partial charge in [0, 0.05) is 56.4 Å². The van der Waals surface area contributed by atoms with Crippen molar-refractivity contribution in [2.45, 2.75) is 125 Å². The molecule has 8 rings (SSSR count). The number of aromatic hydroxyl groups is 1. The quantitative estimate of drug-likeness (QED) is 0.154. The molecular formula is C62H68N3OPt-. The van der Waals surface area contributed by atoms with Crippen LogP contribution in [0.25, 0.3) is 72.7 Å². The molecule has 0 amide bonds. The number of fused-ring (bicyclic) bond motifs is 1. The molecule has 0 aliphatic rings. The van der Waals surface area contributed by atoms with Crippen LogP contribution in [0.5, 0.6) is 5.75 Å². The molecule has 0 aliphatic carbocycles. The van der Waals surface area contributed by atoms with Gasteiger partial charge in [-0.1, -0.05) is 193 Å². The van der Waals surface area contributed by atoms with Gasteiger partial charge in [0.2, 0.25) is 0 Å². The van der Waals surface area contributed by atoms with Gasteiger partial charge in [-0.3, -0.25) is 9.55 Å². The fourth-order valence-corrected chi connectivity index (χ4v) is 8.44. The number of phenols is 1. The van der Waals surface area contributed by atoms with E-state index in [1.54, 1.807) is 6.07 Å². The summed E-state index contributed by atoms with van der Waals surface area (Å²) in [6.07, 6.45) is 2.30. The number of imidazole rings is 1. The predicted molar refractivity (Wildman–Crippen MR) is 280 cm³/mol. The Labute approximate surface area is 433 Å². The van der Waals surface area contributed by atoms with Crippen molar-refractivity contribution in [3.8, 4) is 67.5 Å². The smallest absolute Gasteiger partial charge is 0.148 e. The summed E-state index contributed by atoms with van der Waals surface area (Å²) < 4.78 is 113. The number of phenolic OH excluding ortho intramolecular Hbond substituents is 1. The Hall–Kier alpha value is -5.57. The molecule has 1 N–H and O–H groups in total. The molecule has 0 unspecified atom stereocenters. The summed E-state index contributed by atoms with van der Waals surface area (Å²) in [6, 6.07) is 33.7. The number of pyridine rings is 1. The largest absolute Gasteiger partial charge is 0.507 e. The van der Waals surface area contributed by atoms with Crippen molar-refractivity contribution in [1.82, 2.24) is 14.5 Å². The fourth-order valence-electron chi connectivity index (χ4n) is 8.44. The zero-order valence-electron chi connectivity index (χ0n) is 53.3. The third kappa shape index (κ3) is 10.3. The molecule has 0 saturated carbocycles. The van der Waals surface area contributed by atoms with Crippen LogP contribution in [0.4, 0.5) is 0 Å². The number of rotatable bonds is 8. The Morgan fingerprint density at radius 3 is 1.94 bits per heavy atom. The molecule has 0 aliphatic heterocycles. The summed E-state index contributed by atoms with van der Waals surface area (Å²) in [5, 5.41) is 12.6. The first-order chi connectivity index (χ1) is 36.4. The predicted octanol–water partition coefficient (Wildman–Crippen LogP) is 16.6. The van der Waals surface area contributed by atoms with E-state index in [-0.39, 0.29) is 43.4 Å². The van der Waals surface area contributed by atoms with Crippen molar-refractivity contribution in [3.63, 3.8) is 0 Å². The van der Waals surface area contributed by atoms with Gasteiger partial charge in [-0.2, -0.15) is 0 Å². The van der Waals surface area contributed by atoms with Crippen molar-refractivity contribution < 1.29 is 44.0 Å². The maximum absolute atomic E-state index is 12.6. The molecule has 2 heterocycles. The summed E-state index contributed by atoms with van der Waals surface area (Å²) >= 11 is 0. The summed E-state index contributed by atoms with van der Waals surface area (Å²) in [6.45, 7) is 11.9. The van der Waals surface area contributed by atoms with E-state index in [9.17, 15) is 5.11 Å². The Bertz CT molecular complexity index is 3590. The number of hydrogen-bond donors (Lipinski definition) is 1. The Kier molecular flexibility index (Phi) is 9.57. The van der Waals surface area contributed by atoms with Gasteiger partial charge in [0.25, 0.3) is 0 Å². The Balaban J connectivity index is 0.00000924. The zero-order valence-corrected chi connectivity index (χ0v) is 42.6. The average Bonchev–Trinajstić information content (AvgIpc) is 3.86. The number of benzene rings is 6. The minimum Gasteiger partial charge on any atom is -0.507 e. The molecule has 0 saturated heterocycles. The van der Waals surface area contributed by atoms with Crippen LogP contribution in [0, 0.1) is 12.0 Å². The molecule has 0 spiro atoms. The minimum atomic E-state index is -3.81. The molecule has 0 bridgehead atoms. The van der Waals surface area contributed by atoms with Crippen LogP contribution >= 0.6 is 0 Å². The molecule has 2 aromatic heterocycles. The van der Waals surface area contributed by atoms with Crippen LogP contribution in [0.3, 0.4) is 0 Å². The standard InChI is InChI=1S/C62H68N3O.Pt/c1-39(2)31-40-23-28-54(50(32-40)42-19-16-15-17-20-42)65-55-22-18-21-49(56(55)64-58(65)51-37-48(61(9,10)11)38-52(57(51)66)62(12,13)14)44-33-45(35-47(34-44)60(6,7)8)53-36-43(29-30-63-53)41-24-26-46(27-25-41)59(3,4)5;/h15-30,32,34-39,66H,31H2,1-14H3;/q-1;/i3D3,4D3,5D3,24D,25D,26D,27D;. The van der Waals surface area contributed by atoms with Crippen LogP contribution in [0.2, 0.25) is 0 Å². The van der Waals surface area contributed by atoms with Gasteiger partial charge in [-0.05, 0) is 97.7 Å². The monoisotopic (exact) mass is 1080 g/mol. The van der Waals surface area contributed by atoms with Gasteiger partial charge in [0.1, 0.15) is 11.6 Å². The Morgan fingerprint density at radius 2 is 1.30 bits per heavy atom. The third-order valence-electron chi connectivity index (χ3n) is 12.1. The Morgan fingerprint density at radius 1 is 0.627 bits per heavy atom. The number of para-hydroxylation sites is 1. The van der Waals surface area contributed by atoms with E-state index in [4.69, 9.17) is 27.8 Å². The first-order valence-electron chi connectivity index (χ1n) is 29.1. The summed E-state index contributed by atoms with van der Waals surface area (Å²) in [7, 11) is 0. The molecule has 6 aromatic carbocycles. The summed E-state index contributed by atoms with van der Waals surface area (Å²) in [5.41, 5.74) is 4.54. The van der Waals surface area contributed by atoms with Crippen molar-refractivity contribution in [1.29, 1.82) is 0 Å². The van der Waals surface area contributed by atoms with E-state index < -0.39 is 66.5 Å². The van der Waals surface area contributed by atoms with Crippen molar-refractivity contribution in [2.24, 2.45) is 5.92 Å². The number of nitrogens with zero attached hydrogens (tertiary/aromatic N) is 3. The maximum Gasteiger partial charge on any atom is 0.148 e. The topological polar surface area (TPSA) is 50.9 Å². The summed E-state index contributed by atoms with van der Waals surface area (Å²) in [4.78, 5) is 10.3. The van der Waals surface area contributed by atoms with E-state index in [1.165, 1.54) is 17.8 Å². The van der Waals surface area contributed by atoms with Gasteiger partial charge >= 0.3 is 0 Å². The SMILES string of the molecule is [2H]c1c([2H])c(C(C([2H])([2H])[2H])(C([2H])([2H])[2H])C([2H])([2H])[2H])c([2H])c([2H])c1-c1ccnc(-c2[c-]c(-c3cccc4c3nc(-c3cc(C(C)(C)C)cc(C(C)(C)C)c3O)n4-c3ccc(CC(C)C)cc3-c3ccccc3)cc(C(C)(C)C)c2)c1.[Pt]. The van der Waals surface area contributed by atoms with Crippen molar-refractivity contribution in [2.75, 3.05) is 0 Å². The van der Waals surface area contributed by atoms with E-state index in [2.05, 4.69) is 135 Å². The minimum absolute atomic E-state index is 0. The molecule has 4 nitrogen and oxygen atoms in total. The molecule has 0 radical (unpaired) electrons. The van der Waals surface area contributed by atoms with Gasteiger partial charge in [0.15, 0.2) is 0 Å². The van der Waals surface area contributed by atoms with E-state index in [0.29, 0.717) is 39.6 Å². The summed E-state index contributed by atoms with van der Waals surface area (Å²) in [5.74, 6) is 1.08. The molecule has 8 aromatic rings. The van der Waals surface area contributed by atoms with Gasteiger partial charge < -0.3 is 5.11 Å². The van der Waals surface area contributed by atoms with Crippen LogP contribution in [-0.2, 0) is 49.1 Å². The molecule has 67 heavy (non-hydrogen) atoms. The second kappa shape index (κ2) is 18.5. The van der Waals surface area contributed by atoms with Crippen molar-refractivity contribution in [3.05, 3.63) is 167 Å². The second-order valence-electron chi connectivity index (χ2n) is 21.1.